The summed E-state index contributed by atoms with van der Waals surface area (Å²) in [5.41, 5.74) is 3.61. The Morgan fingerprint density at radius 3 is 2.95 bits per heavy atom. The second kappa shape index (κ2) is 4.34. The SMILES string of the molecule is c1cc(-c2cn[nH]c2-c2ccc3c(c2)OCO3)ncn1. The molecule has 0 amide bonds. The van der Waals surface area contributed by atoms with Gasteiger partial charge in [0, 0.05) is 17.3 Å². The average molecular weight is 266 g/mol. The van der Waals surface area contributed by atoms with Gasteiger partial charge in [0.2, 0.25) is 6.79 Å². The lowest BCUT2D eigenvalue weighted by Crippen LogP contribution is -1.92. The smallest absolute Gasteiger partial charge is 0.231 e. The third-order valence-electron chi connectivity index (χ3n) is 3.16. The van der Waals surface area contributed by atoms with Crippen LogP contribution in [0.25, 0.3) is 22.5 Å². The van der Waals surface area contributed by atoms with Crippen molar-refractivity contribution in [3.8, 4) is 34.0 Å². The molecule has 1 aliphatic rings. The van der Waals surface area contributed by atoms with E-state index in [-0.39, 0.29) is 6.79 Å². The zero-order valence-electron chi connectivity index (χ0n) is 10.4. The zero-order chi connectivity index (χ0) is 13.4. The van der Waals surface area contributed by atoms with Crippen molar-refractivity contribution in [3.05, 3.63) is 43.0 Å². The largest absolute Gasteiger partial charge is 0.454 e. The number of benzene rings is 1. The molecule has 3 aromatic rings. The molecular formula is C14H10N4O2. The monoisotopic (exact) mass is 266 g/mol. The van der Waals surface area contributed by atoms with E-state index >= 15 is 0 Å². The Balaban J connectivity index is 1.82. The molecule has 4 rings (SSSR count). The number of nitrogens with one attached hydrogen (secondary N) is 1. The summed E-state index contributed by atoms with van der Waals surface area (Å²) in [6.07, 6.45) is 4.98. The van der Waals surface area contributed by atoms with E-state index in [9.17, 15) is 0 Å². The third-order valence-corrected chi connectivity index (χ3v) is 3.16. The van der Waals surface area contributed by atoms with E-state index in [1.807, 2.05) is 24.3 Å². The lowest BCUT2D eigenvalue weighted by molar-refractivity contribution is 0.174. The van der Waals surface area contributed by atoms with Crippen LogP contribution in [-0.4, -0.2) is 27.0 Å². The molecule has 0 fully saturated rings. The van der Waals surface area contributed by atoms with Gasteiger partial charge in [0.15, 0.2) is 11.5 Å². The van der Waals surface area contributed by atoms with Crippen molar-refractivity contribution >= 4 is 0 Å². The minimum absolute atomic E-state index is 0.264. The molecule has 98 valence electrons. The number of hydrogen-bond acceptors (Lipinski definition) is 5. The number of aromatic amines is 1. The summed E-state index contributed by atoms with van der Waals surface area (Å²) >= 11 is 0. The first-order valence-corrected chi connectivity index (χ1v) is 6.11. The fourth-order valence-electron chi connectivity index (χ4n) is 2.20. The van der Waals surface area contributed by atoms with Crippen molar-refractivity contribution in [2.45, 2.75) is 0 Å². The van der Waals surface area contributed by atoms with Gasteiger partial charge in [0.05, 0.1) is 17.6 Å². The first kappa shape index (κ1) is 11.0. The summed E-state index contributed by atoms with van der Waals surface area (Å²) in [6.45, 7) is 0.264. The highest BCUT2D eigenvalue weighted by Gasteiger charge is 2.17. The number of aromatic nitrogens is 4. The fraction of sp³-hybridized carbons (Fsp3) is 0.0714. The van der Waals surface area contributed by atoms with Crippen LogP contribution in [0.1, 0.15) is 0 Å². The number of nitrogens with zero attached hydrogens (tertiary/aromatic N) is 3. The van der Waals surface area contributed by atoms with Crippen LogP contribution in [0, 0.1) is 0 Å². The molecule has 1 N–H and O–H groups in total. The molecule has 0 aliphatic carbocycles. The van der Waals surface area contributed by atoms with E-state index in [4.69, 9.17) is 9.47 Å². The van der Waals surface area contributed by atoms with Crippen LogP contribution in [0.5, 0.6) is 11.5 Å². The van der Waals surface area contributed by atoms with Crippen LogP contribution < -0.4 is 9.47 Å². The van der Waals surface area contributed by atoms with Crippen LogP contribution in [0.2, 0.25) is 0 Å². The second-order valence-corrected chi connectivity index (χ2v) is 4.32. The van der Waals surface area contributed by atoms with Gasteiger partial charge in [-0.05, 0) is 24.3 Å². The van der Waals surface area contributed by atoms with Crippen molar-refractivity contribution in [1.82, 2.24) is 20.2 Å². The average Bonchev–Trinajstić information content (AvgIpc) is 3.16. The molecule has 2 aromatic heterocycles. The van der Waals surface area contributed by atoms with Gasteiger partial charge in [-0.25, -0.2) is 9.97 Å². The Bertz CT molecular complexity index is 755. The van der Waals surface area contributed by atoms with E-state index in [0.29, 0.717) is 0 Å². The summed E-state index contributed by atoms with van der Waals surface area (Å²) in [7, 11) is 0. The summed E-state index contributed by atoms with van der Waals surface area (Å²) < 4.78 is 10.7. The molecule has 0 saturated heterocycles. The topological polar surface area (TPSA) is 72.9 Å². The molecule has 0 radical (unpaired) electrons. The fourth-order valence-corrected chi connectivity index (χ4v) is 2.20. The number of rotatable bonds is 2. The van der Waals surface area contributed by atoms with Crippen molar-refractivity contribution in [1.29, 1.82) is 0 Å². The number of fused-ring (bicyclic) bond motifs is 1. The summed E-state index contributed by atoms with van der Waals surface area (Å²) in [6, 6.07) is 7.63. The Hall–Kier alpha value is -2.89. The highest BCUT2D eigenvalue weighted by atomic mass is 16.7. The summed E-state index contributed by atoms with van der Waals surface area (Å²) in [5, 5.41) is 7.12. The highest BCUT2D eigenvalue weighted by Crippen LogP contribution is 2.37. The lowest BCUT2D eigenvalue weighted by Gasteiger charge is -2.04. The maximum atomic E-state index is 5.40. The van der Waals surface area contributed by atoms with Crippen molar-refractivity contribution in [3.63, 3.8) is 0 Å². The van der Waals surface area contributed by atoms with Gasteiger partial charge in [-0.3, -0.25) is 5.10 Å². The van der Waals surface area contributed by atoms with E-state index in [0.717, 1.165) is 34.0 Å². The Kier molecular flexibility index (Phi) is 2.38. The van der Waals surface area contributed by atoms with E-state index in [2.05, 4.69) is 20.2 Å². The molecule has 0 atom stereocenters. The molecule has 0 bridgehead atoms. The van der Waals surface area contributed by atoms with Gasteiger partial charge < -0.3 is 9.47 Å². The van der Waals surface area contributed by atoms with Gasteiger partial charge in [0.25, 0.3) is 0 Å². The second-order valence-electron chi connectivity index (χ2n) is 4.32. The van der Waals surface area contributed by atoms with Crippen LogP contribution in [0.15, 0.2) is 43.0 Å². The van der Waals surface area contributed by atoms with Crippen molar-refractivity contribution < 1.29 is 9.47 Å². The zero-order valence-corrected chi connectivity index (χ0v) is 10.4. The summed E-state index contributed by atoms with van der Waals surface area (Å²) in [5.74, 6) is 1.50. The predicted octanol–water partition coefficient (Wildman–Crippen LogP) is 2.26. The van der Waals surface area contributed by atoms with Gasteiger partial charge in [-0.15, -0.1) is 0 Å². The molecule has 1 aliphatic heterocycles. The van der Waals surface area contributed by atoms with Crippen LogP contribution in [-0.2, 0) is 0 Å². The normalized spacial score (nSPS) is 12.6. The molecule has 6 nitrogen and oxygen atoms in total. The van der Waals surface area contributed by atoms with Crippen molar-refractivity contribution in [2.75, 3.05) is 6.79 Å². The molecule has 0 unspecified atom stereocenters. The number of hydrogen-bond donors (Lipinski definition) is 1. The summed E-state index contributed by atoms with van der Waals surface area (Å²) in [4.78, 5) is 8.18. The molecule has 20 heavy (non-hydrogen) atoms. The quantitative estimate of drug-likeness (QED) is 0.770. The van der Waals surface area contributed by atoms with E-state index in [1.54, 1.807) is 12.4 Å². The van der Waals surface area contributed by atoms with E-state index < -0.39 is 0 Å². The van der Waals surface area contributed by atoms with Crippen molar-refractivity contribution in [2.24, 2.45) is 0 Å². The number of H-pyrrole nitrogens is 1. The Morgan fingerprint density at radius 1 is 1.10 bits per heavy atom. The third kappa shape index (κ3) is 1.70. The molecule has 0 spiro atoms. The molecular weight excluding hydrogens is 256 g/mol. The van der Waals surface area contributed by atoms with Crippen LogP contribution in [0.4, 0.5) is 0 Å². The van der Waals surface area contributed by atoms with Crippen LogP contribution >= 0.6 is 0 Å². The maximum Gasteiger partial charge on any atom is 0.231 e. The lowest BCUT2D eigenvalue weighted by atomic mass is 10.1. The van der Waals surface area contributed by atoms with Gasteiger partial charge in [-0.2, -0.15) is 5.10 Å². The Labute approximate surface area is 114 Å². The first-order valence-electron chi connectivity index (χ1n) is 6.11. The van der Waals surface area contributed by atoms with Gasteiger partial charge in [-0.1, -0.05) is 0 Å². The first-order chi connectivity index (χ1) is 9.92. The minimum atomic E-state index is 0.264. The van der Waals surface area contributed by atoms with Gasteiger partial charge >= 0.3 is 0 Å². The molecule has 6 heteroatoms. The minimum Gasteiger partial charge on any atom is -0.454 e. The van der Waals surface area contributed by atoms with Crippen LogP contribution in [0.3, 0.4) is 0 Å². The number of ether oxygens (including phenoxy) is 2. The van der Waals surface area contributed by atoms with E-state index in [1.165, 1.54) is 6.33 Å². The molecule has 3 heterocycles. The van der Waals surface area contributed by atoms with Gasteiger partial charge in [0.1, 0.15) is 6.33 Å². The molecule has 1 aromatic carbocycles. The predicted molar refractivity (Wildman–Crippen MR) is 71.2 cm³/mol. The standard InChI is InChI=1S/C14H10N4O2/c1-2-12-13(20-8-19-12)5-9(1)14-10(6-17-18-14)11-3-4-15-7-16-11/h1-7H,8H2,(H,17,18). The molecule has 0 saturated carbocycles. The Morgan fingerprint density at radius 2 is 2.05 bits per heavy atom. The maximum absolute atomic E-state index is 5.40. The highest BCUT2D eigenvalue weighted by molar-refractivity contribution is 5.79.